The number of unbranched alkanes of at least 4 members (excludes halogenated alkanes) is 1. The Kier molecular flexibility index (Phi) is 4.91. The molecule has 2 rings (SSSR count). The topological polar surface area (TPSA) is 120 Å². The van der Waals surface area contributed by atoms with Crippen LogP contribution in [0.1, 0.15) is 36.7 Å². The van der Waals surface area contributed by atoms with Gasteiger partial charge in [0.2, 0.25) is 5.82 Å². The van der Waals surface area contributed by atoms with Crippen LogP contribution in [0, 0.1) is 25.2 Å². The number of aryl methyl sites for hydroxylation is 1. The first-order chi connectivity index (χ1) is 11.0. The molecule has 2 aromatic rings. The van der Waals surface area contributed by atoms with E-state index in [1.165, 1.54) is 6.92 Å². The number of aromatic nitrogens is 2. The summed E-state index contributed by atoms with van der Waals surface area (Å²) in [5, 5.41) is 32.8. The van der Waals surface area contributed by atoms with Gasteiger partial charge in [-0.2, -0.15) is 5.26 Å². The lowest BCUT2D eigenvalue weighted by Gasteiger charge is -2.20. The van der Waals surface area contributed by atoms with Crippen molar-refractivity contribution in [3.8, 4) is 11.9 Å². The van der Waals surface area contributed by atoms with Gasteiger partial charge in [0.1, 0.15) is 11.8 Å². The van der Waals surface area contributed by atoms with Gasteiger partial charge in [-0.3, -0.25) is 4.79 Å². The lowest BCUT2D eigenvalue weighted by atomic mass is 10.1. The molecule has 0 aromatic carbocycles. The summed E-state index contributed by atoms with van der Waals surface area (Å²) in [4.78, 5) is 12.5. The molecule has 0 saturated heterocycles. The number of nitriles is 1. The molecule has 23 heavy (non-hydrogen) atoms. The van der Waals surface area contributed by atoms with Crippen molar-refractivity contribution in [2.75, 3.05) is 0 Å². The monoisotopic (exact) mass is 314 g/mol. The van der Waals surface area contributed by atoms with Gasteiger partial charge in [-0.1, -0.05) is 18.5 Å². The van der Waals surface area contributed by atoms with Crippen molar-refractivity contribution in [1.82, 2.24) is 9.72 Å². The van der Waals surface area contributed by atoms with Crippen LogP contribution in [0.3, 0.4) is 0 Å². The van der Waals surface area contributed by atoms with Gasteiger partial charge in [-0.25, -0.2) is 0 Å². The molecule has 0 aliphatic carbocycles. The normalized spacial score (nSPS) is 11.0. The molecular weight excluding hydrogens is 298 g/mol. The van der Waals surface area contributed by atoms with Crippen LogP contribution in [0.5, 0.6) is 5.88 Å². The Bertz CT molecular complexity index is 842. The van der Waals surface area contributed by atoms with Crippen molar-refractivity contribution >= 4 is 11.5 Å². The fourth-order valence-electron chi connectivity index (χ4n) is 2.06. The van der Waals surface area contributed by atoms with Crippen LogP contribution in [0.15, 0.2) is 25.6 Å². The van der Waals surface area contributed by atoms with Gasteiger partial charge < -0.3 is 14.2 Å². The zero-order valence-corrected chi connectivity index (χ0v) is 13.2. The van der Waals surface area contributed by atoms with Crippen LogP contribution in [0.25, 0.3) is 0 Å². The summed E-state index contributed by atoms with van der Waals surface area (Å²) in [6.07, 6.45) is 1.47. The van der Waals surface area contributed by atoms with Gasteiger partial charge in [0.25, 0.3) is 5.56 Å². The van der Waals surface area contributed by atoms with E-state index in [0.29, 0.717) is 12.2 Å². The average molecular weight is 314 g/mol. The first kappa shape index (κ1) is 16.4. The summed E-state index contributed by atoms with van der Waals surface area (Å²) < 4.78 is 5.90. The van der Waals surface area contributed by atoms with E-state index < -0.39 is 11.4 Å². The molecule has 0 saturated carbocycles. The van der Waals surface area contributed by atoms with E-state index >= 15 is 0 Å². The predicted octanol–water partition coefficient (Wildman–Crippen LogP) is 2.61. The molecule has 0 aliphatic heterocycles. The molecule has 0 spiro atoms. The van der Waals surface area contributed by atoms with Gasteiger partial charge in [0, 0.05) is 18.2 Å². The number of azo groups is 1. The zero-order chi connectivity index (χ0) is 17.0. The fourth-order valence-corrected chi connectivity index (χ4v) is 2.06. The highest BCUT2D eigenvalue weighted by molar-refractivity contribution is 5.56. The zero-order valence-electron chi connectivity index (χ0n) is 13.2. The third kappa shape index (κ3) is 3.29. The Labute approximate surface area is 132 Å². The predicted molar refractivity (Wildman–Crippen MR) is 79.9 cm³/mol. The number of pyridine rings is 1. The van der Waals surface area contributed by atoms with E-state index in [4.69, 9.17) is 4.52 Å². The molecule has 0 amide bonds. The molecule has 120 valence electrons. The van der Waals surface area contributed by atoms with Gasteiger partial charge in [-0.15, -0.1) is 10.2 Å². The number of hydrogen-bond donors (Lipinski definition) is 0. The summed E-state index contributed by atoms with van der Waals surface area (Å²) in [6.45, 7) is 5.40. The summed E-state index contributed by atoms with van der Waals surface area (Å²) in [5.74, 6) is 0.189. The molecule has 0 atom stereocenters. The second-order valence-corrected chi connectivity index (χ2v) is 5.07. The Morgan fingerprint density at radius 2 is 2.17 bits per heavy atom. The third-order valence-corrected chi connectivity index (χ3v) is 3.35. The first-order valence-electron chi connectivity index (χ1n) is 7.19. The Balaban J connectivity index is 2.56. The van der Waals surface area contributed by atoms with Crippen molar-refractivity contribution in [2.45, 2.75) is 40.2 Å². The van der Waals surface area contributed by atoms with Crippen molar-refractivity contribution in [1.29, 1.82) is 5.26 Å². The molecule has 0 radical (unpaired) electrons. The highest BCUT2D eigenvalue weighted by Gasteiger charge is 2.14. The lowest BCUT2D eigenvalue weighted by Crippen LogP contribution is -2.25. The van der Waals surface area contributed by atoms with Gasteiger partial charge in [-0.05, 0) is 26.1 Å². The van der Waals surface area contributed by atoms with E-state index in [-0.39, 0.29) is 29.2 Å². The van der Waals surface area contributed by atoms with Crippen LogP contribution in [0.2, 0.25) is 0 Å². The van der Waals surface area contributed by atoms with Crippen LogP contribution >= 0.6 is 0 Å². The van der Waals surface area contributed by atoms with Crippen LogP contribution in [0.4, 0.5) is 11.5 Å². The highest BCUT2D eigenvalue weighted by atomic mass is 16.5. The molecule has 0 fully saturated rings. The minimum atomic E-state index is -0.584. The Morgan fingerprint density at radius 1 is 1.43 bits per heavy atom. The molecule has 0 N–H and O–H groups in total. The molecule has 0 aliphatic rings. The molecule has 8 heteroatoms. The van der Waals surface area contributed by atoms with Crippen molar-refractivity contribution < 1.29 is 9.63 Å². The average Bonchev–Trinajstić information content (AvgIpc) is 2.93. The summed E-state index contributed by atoms with van der Waals surface area (Å²) >= 11 is 0. The second-order valence-electron chi connectivity index (χ2n) is 5.07. The second kappa shape index (κ2) is 6.87. The molecule has 8 nitrogen and oxygen atoms in total. The minimum Gasteiger partial charge on any atom is -0.859 e. The van der Waals surface area contributed by atoms with Crippen molar-refractivity contribution in [3.63, 3.8) is 0 Å². The third-order valence-electron chi connectivity index (χ3n) is 3.35. The van der Waals surface area contributed by atoms with Gasteiger partial charge >= 0.3 is 0 Å². The summed E-state index contributed by atoms with van der Waals surface area (Å²) in [5.41, 5.74) is -0.452. The van der Waals surface area contributed by atoms with Crippen molar-refractivity contribution in [2.24, 2.45) is 10.2 Å². The maximum atomic E-state index is 12.5. The van der Waals surface area contributed by atoms with Crippen LogP contribution in [-0.4, -0.2) is 9.72 Å². The lowest BCUT2D eigenvalue weighted by molar-refractivity contribution is -0.280. The number of hydrogen-bond acceptors (Lipinski definition) is 7. The standard InChI is InChI=1S/C15H17N5O3/c1-4-5-6-20-14(21)11(8-16)10(3)13(15(20)22)18-17-12-7-9(2)23-19-12/h7,21H,4-6H2,1-3H3/p-1. The maximum absolute atomic E-state index is 12.5. The SMILES string of the molecule is CCCCn1c([O-])c(C#N)c(C)c(N=Nc2cc(C)on2)c1=O. The van der Waals surface area contributed by atoms with E-state index in [2.05, 4.69) is 15.4 Å². The molecule has 2 heterocycles. The fraction of sp³-hybridized carbons (Fsp3) is 0.400. The number of rotatable bonds is 5. The van der Waals surface area contributed by atoms with Gasteiger partial charge in [0.05, 0.1) is 5.56 Å². The van der Waals surface area contributed by atoms with E-state index in [9.17, 15) is 15.2 Å². The highest BCUT2D eigenvalue weighted by Crippen LogP contribution is 2.25. The van der Waals surface area contributed by atoms with E-state index in [1.807, 2.05) is 13.0 Å². The molecule has 2 aromatic heterocycles. The maximum Gasteiger partial charge on any atom is 0.278 e. The largest absolute Gasteiger partial charge is 0.859 e. The number of nitrogens with zero attached hydrogens (tertiary/aromatic N) is 5. The Hall–Kier alpha value is -2.95. The van der Waals surface area contributed by atoms with Gasteiger partial charge in [0.15, 0.2) is 5.69 Å². The molecule has 0 bridgehead atoms. The first-order valence-corrected chi connectivity index (χ1v) is 7.19. The van der Waals surface area contributed by atoms with E-state index in [0.717, 1.165) is 11.0 Å². The van der Waals surface area contributed by atoms with Crippen molar-refractivity contribution in [3.05, 3.63) is 33.3 Å². The quantitative estimate of drug-likeness (QED) is 0.785. The van der Waals surface area contributed by atoms with Crippen LogP contribution in [-0.2, 0) is 6.54 Å². The smallest absolute Gasteiger partial charge is 0.278 e. The summed E-state index contributed by atoms with van der Waals surface area (Å²) in [6, 6.07) is 3.40. The molecular formula is C15H16N5O3-. The minimum absolute atomic E-state index is 0.0297. The van der Waals surface area contributed by atoms with E-state index in [1.54, 1.807) is 13.0 Å². The Morgan fingerprint density at radius 3 is 2.74 bits per heavy atom. The van der Waals surface area contributed by atoms with Crippen LogP contribution < -0.4 is 10.7 Å². The summed E-state index contributed by atoms with van der Waals surface area (Å²) in [7, 11) is 0. The molecule has 0 unspecified atom stereocenters.